The molecule has 0 amide bonds. The Labute approximate surface area is 118 Å². The molecule has 2 rings (SSSR count). The van der Waals surface area contributed by atoms with Gasteiger partial charge in [0.05, 0.1) is 26.4 Å². The Kier molecular flexibility index (Phi) is 4.83. The second-order valence-electron chi connectivity index (χ2n) is 5.29. The van der Waals surface area contributed by atoms with Gasteiger partial charge in [-0.2, -0.15) is 0 Å². The van der Waals surface area contributed by atoms with Crippen molar-refractivity contribution >= 4 is 0 Å². The Morgan fingerprint density at radius 2 is 1.75 bits per heavy atom. The first-order valence-electron chi connectivity index (χ1n) is 6.93. The molecule has 0 radical (unpaired) electrons. The van der Waals surface area contributed by atoms with E-state index >= 15 is 0 Å². The standard InChI is InChI=1S/C15H22FNO3/c1-19-12-7-10(11(16)8-13(12)20-2)14(17)15(18)9-5-3-4-6-9/h7-9,14-15,18H,3-6,17H2,1-2H3/t14-,15+/m0/s1. The molecule has 112 valence electrons. The quantitative estimate of drug-likeness (QED) is 0.871. The molecule has 3 N–H and O–H groups in total. The molecule has 0 aromatic heterocycles. The highest BCUT2D eigenvalue weighted by Gasteiger charge is 2.30. The summed E-state index contributed by atoms with van der Waals surface area (Å²) in [4.78, 5) is 0. The number of methoxy groups -OCH3 is 2. The van der Waals surface area contributed by atoms with Crippen LogP contribution in [0.25, 0.3) is 0 Å². The minimum atomic E-state index is -0.752. The van der Waals surface area contributed by atoms with Crippen LogP contribution < -0.4 is 15.2 Å². The van der Waals surface area contributed by atoms with Crippen LogP contribution in [0.15, 0.2) is 12.1 Å². The summed E-state index contributed by atoms with van der Waals surface area (Å²) in [6, 6.07) is 2.00. The van der Waals surface area contributed by atoms with Crippen molar-refractivity contribution in [3.05, 3.63) is 23.5 Å². The van der Waals surface area contributed by atoms with Crippen molar-refractivity contribution in [2.75, 3.05) is 14.2 Å². The fourth-order valence-electron chi connectivity index (χ4n) is 2.90. The molecule has 1 fully saturated rings. The van der Waals surface area contributed by atoms with Crippen LogP contribution in [-0.4, -0.2) is 25.4 Å². The topological polar surface area (TPSA) is 64.7 Å². The number of aliphatic hydroxyl groups excluding tert-OH is 1. The Balaban J connectivity index is 2.26. The molecule has 0 heterocycles. The Hall–Kier alpha value is -1.33. The summed E-state index contributed by atoms with van der Waals surface area (Å²) in [6.45, 7) is 0. The summed E-state index contributed by atoms with van der Waals surface area (Å²) in [7, 11) is 2.93. The van der Waals surface area contributed by atoms with Crippen LogP contribution in [-0.2, 0) is 0 Å². The molecule has 0 unspecified atom stereocenters. The van der Waals surface area contributed by atoms with Crippen molar-refractivity contribution in [2.45, 2.75) is 37.8 Å². The molecule has 20 heavy (non-hydrogen) atoms. The molecule has 0 bridgehead atoms. The van der Waals surface area contributed by atoms with Crippen LogP contribution in [0.3, 0.4) is 0 Å². The lowest BCUT2D eigenvalue weighted by Gasteiger charge is -2.25. The molecule has 1 aliphatic carbocycles. The maximum absolute atomic E-state index is 14.1. The van der Waals surface area contributed by atoms with Gasteiger partial charge in [0.2, 0.25) is 0 Å². The third-order valence-electron chi connectivity index (χ3n) is 4.11. The van der Waals surface area contributed by atoms with E-state index in [9.17, 15) is 9.50 Å². The number of benzene rings is 1. The van der Waals surface area contributed by atoms with Crippen molar-refractivity contribution in [1.82, 2.24) is 0 Å². The molecule has 1 saturated carbocycles. The van der Waals surface area contributed by atoms with Gasteiger partial charge in [-0.3, -0.25) is 0 Å². The van der Waals surface area contributed by atoms with E-state index in [4.69, 9.17) is 15.2 Å². The van der Waals surface area contributed by atoms with E-state index in [0.717, 1.165) is 25.7 Å². The van der Waals surface area contributed by atoms with Gasteiger partial charge < -0.3 is 20.3 Å². The first-order chi connectivity index (χ1) is 9.58. The maximum atomic E-state index is 14.1. The van der Waals surface area contributed by atoms with Crippen molar-refractivity contribution in [1.29, 1.82) is 0 Å². The molecule has 1 aliphatic rings. The van der Waals surface area contributed by atoms with Gasteiger partial charge >= 0.3 is 0 Å². The number of rotatable bonds is 5. The Morgan fingerprint density at radius 3 is 2.30 bits per heavy atom. The van der Waals surface area contributed by atoms with Gasteiger partial charge in [-0.15, -0.1) is 0 Å². The zero-order valence-corrected chi connectivity index (χ0v) is 11.9. The van der Waals surface area contributed by atoms with E-state index < -0.39 is 18.0 Å². The molecular weight excluding hydrogens is 261 g/mol. The third-order valence-corrected chi connectivity index (χ3v) is 4.11. The van der Waals surface area contributed by atoms with Crippen LogP contribution in [0.5, 0.6) is 11.5 Å². The maximum Gasteiger partial charge on any atom is 0.163 e. The lowest BCUT2D eigenvalue weighted by molar-refractivity contribution is 0.0831. The van der Waals surface area contributed by atoms with Crippen molar-refractivity contribution in [2.24, 2.45) is 11.7 Å². The summed E-state index contributed by atoms with van der Waals surface area (Å²) in [5.74, 6) is 0.402. The number of hydrogen-bond donors (Lipinski definition) is 2. The second-order valence-corrected chi connectivity index (χ2v) is 5.29. The highest BCUT2D eigenvalue weighted by molar-refractivity contribution is 5.44. The number of aliphatic hydroxyl groups is 1. The van der Waals surface area contributed by atoms with Gasteiger partial charge in [0.25, 0.3) is 0 Å². The summed E-state index contributed by atoms with van der Waals surface area (Å²) < 4.78 is 24.3. The third kappa shape index (κ3) is 2.88. The Bertz CT molecular complexity index is 461. The molecule has 4 nitrogen and oxygen atoms in total. The van der Waals surface area contributed by atoms with E-state index in [1.54, 1.807) is 0 Å². The summed E-state index contributed by atoms with van der Waals surface area (Å²) in [5, 5.41) is 10.3. The zero-order chi connectivity index (χ0) is 14.7. The first kappa shape index (κ1) is 15.1. The fourth-order valence-corrected chi connectivity index (χ4v) is 2.90. The molecule has 0 aliphatic heterocycles. The van der Waals surface area contributed by atoms with Gasteiger partial charge in [-0.1, -0.05) is 12.8 Å². The second kappa shape index (κ2) is 6.41. The minimum Gasteiger partial charge on any atom is -0.493 e. The van der Waals surface area contributed by atoms with Crippen LogP contribution in [0.1, 0.15) is 37.3 Å². The molecule has 5 heteroatoms. The smallest absolute Gasteiger partial charge is 0.163 e. The van der Waals surface area contributed by atoms with E-state index in [-0.39, 0.29) is 11.5 Å². The number of ether oxygens (including phenoxy) is 2. The van der Waals surface area contributed by atoms with Crippen LogP contribution in [0.2, 0.25) is 0 Å². The first-order valence-corrected chi connectivity index (χ1v) is 6.93. The molecular formula is C15H22FNO3. The summed E-state index contributed by atoms with van der Waals surface area (Å²) in [6.07, 6.45) is 3.37. The highest BCUT2D eigenvalue weighted by atomic mass is 19.1. The average Bonchev–Trinajstić information content (AvgIpc) is 2.99. The van der Waals surface area contributed by atoms with Crippen LogP contribution >= 0.6 is 0 Å². The van der Waals surface area contributed by atoms with Gasteiger partial charge in [-0.05, 0) is 24.8 Å². The minimum absolute atomic E-state index is 0.150. The molecule has 1 aromatic carbocycles. The average molecular weight is 283 g/mol. The van der Waals surface area contributed by atoms with Crippen LogP contribution in [0.4, 0.5) is 4.39 Å². The van der Waals surface area contributed by atoms with Crippen molar-refractivity contribution < 1.29 is 19.0 Å². The molecule has 0 saturated heterocycles. The van der Waals surface area contributed by atoms with Crippen LogP contribution in [0, 0.1) is 11.7 Å². The van der Waals surface area contributed by atoms with E-state index in [1.807, 2.05) is 0 Å². The highest BCUT2D eigenvalue weighted by Crippen LogP contribution is 2.36. The number of nitrogens with two attached hydrogens (primary N) is 1. The number of hydrogen-bond acceptors (Lipinski definition) is 4. The lowest BCUT2D eigenvalue weighted by Crippen LogP contribution is -2.32. The van der Waals surface area contributed by atoms with Crippen molar-refractivity contribution in [3.63, 3.8) is 0 Å². The number of halogens is 1. The molecule has 1 aromatic rings. The predicted molar refractivity (Wildman–Crippen MR) is 74.4 cm³/mol. The van der Waals surface area contributed by atoms with Crippen molar-refractivity contribution in [3.8, 4) is 11.5 Å². The van der Waals surface area contributed by atoms with Gasteiger partial charge in [-0.25, -0.2) is 4.39 Å². The van der Waals surface area contributed by atoms with E-state index in [2.05, 4.69) is 0 Å². The summed E-state index contributed by atoms with van der Waals surface area (Å²) >= 11 is 0. The molecule has 0 spiro atoms. The predicted octanol–water partition coefficient (Wildman–Crippen LogP) is 2.39. The largest absolute Gasteiger partial charge is 0.493 e. The monoisotopic (exact) mass is 283 g/mol. The fraction of sp³-hybridized carbons (Fsp3) is 0.600. The lowest BCUT2D eigenvalue weighted by atomic mass is 9.90. The normalized spacial score (nSPS) is 18.9. The SMILES string of the molecule is COc1cc(F)c([C@H](N)[C@H](O)C2CCCC2)cc1OC. The van der Waals surface area contributed by atoms with Gasteiger partial charge in [0.1, 0.15) is 5.82 Å². The van der Waals surface area contributed by atoms with E-state index in [1.165, 1.54) is 26.4 Å². The molecule has 2 atom stereocenters. The van der Waals surface area contributed by atoms with Gasteiger partial charge in [0, 0.05) is 11.6 Å². The van der Waals surface area contributed by atoms with Gasteiger partial charge in [0.15, 0.2) is 11.5 Å². The summed E-state index contributed by atoms with van der Waals surface area (Å²) in [5.41, 5.74) is 6.31. The van der Waals surface area contributed by atoms with E-state index in [0.29, 0.717) is 11.5 Å². The Morgan fingerprint density at radius 1 is 1.20 bits per heavy atom. The zero-order valence-electron chi connectivity index (χ0n) is 11.9.